The van der Waals surface area contributed by atoms with Gasteiger partial charge in [-0.1, -0.05) is 41.6 Å². The number of hydrogen-bond acceptors (Lipinski definition) is 4. The molecule has 30 heavy (non-hydrogen) atoms. The maximum atomic E-state index is 13.3. The number of halogens is 1. The van der Waals surface area contributed by atoms with Crippen LogP contribution in [0.3, 0.4) is 0 Å². The summed E-state index contributed by atoms with van der Waals surface area (Å²) in [6.45, 7) is -0.178. The van der Waals surface area contributed by atoms with Gasteiger partial charge in [0.2, 0.25) is 5.91 Å². The van der Waals surface area contributed by atoms with Crippen molar-refractivity contribution in [1.82, 2.24) is 10.1 Å². The number of anilines is 1. The van der Waals surface area contributed by atoms with Crippen molar-refractivity contribution in [2.75, 3.05) is 18.9 Å². The Morgan fingerprint density at radius 2 is 1.83 bits per heavy atom. The molecule has 150 valence electrons. The van der Waals surface area contributed by atoms with Gasteiger partial charge in [-0.15, -0.1) is 0 Å². The topological polar surface area (TPSA) is 75.4 Å². The predicted molar refractivity (Wildman–Crippen MR) is 111 cm³/mol. The molecule has 1 heterocycles. The van der Waals surface area contributed by atoms with E-state index in [-0.39, 0.29) is 12.5 Å². The van der Waals surface area contributed by atoms with Gasteiger partial charge in [0, 0.05) is 23.9 Å². The summed E-state index contributed by atoms with van der Waals surface area (Å²) in [4.78, 5) is 26.4. The molecule has 0 spiro atoms. The zero-order valence-electron chi connectivity index (χ0n) is 16.1. The predicted octanol–water partition coefficient (Wildman–Crippen LogP) is 4.34. The van der Waals surface area contributed by atoms with Crippen molar-refractivity contribution in [2.45, 2.75) is 0 Å². The number of aromatic nitrogens is 1. The lowest BCUT2D eigenvalue weighted by molar-refractivity contribution is -0.116. The van der Waals surface area contributed by atoms with Gasteiger partial charge in [-0.05, 0) is 36.4 Å². The van der Waals surface area contributed by atoms with Crippen LogP contribution in [0.15, 0.2) is 77.3 Å². The number of benzene rings is 3. The van der Waals surface area contributed by atoms with Crippen LogP contribution in [-0.2, 0) is 4.79 Å². The Labute approximate surface area is 171 Å². The lowest BCUT2D eigenvalue weighted by atomic mass is 10.1. The SMILES string of the molecule is CN(CC(=O)Nc1cccc(F)c1)C(=O)c1ccc2noc(-c3ccccc3)c2c1. The number of amides is 2. The summed E-state index contributed by atoms with van der Waals surface area (Å²) in [5.41, 5.74) is 2.23. The van der Waals surface area contributed by atoms with E-state index in [0.29, 0.717) is 27.9 Å². The molecular formula is C23H18FN3O3. The Morgan fingerprint density at radius 1 is 1.03 bits per heavy atom. The van der Waals surface area contributed by atoms with Gasteiger partial charge in [-0.3, -0.25) is 9.59 Å². The molecule has 2 amide bonds. The van der Waals surface area contributed by atoms with Crippen molar-refractivity contribution in [2.24, 2.45) is 0 Å². The minimum atomic E-state index is -0.450. The first-order valence-corrected chi connectivity index (χ1v) is 9.27. The number of nitrogens with one attached hydrogen (secondary N) is 1. The molecule has 0 fully saturated rings. The summed E-state index contributed by atoms with van der Waals surface area (Å²) in [5.74, 6) is -0.626. The van der Waals surface area contributed by atoms with E-state index in [0.717, 1.165) is 5.56 Å². The molecule has 0 unspecified atom stereocenters. The lowest BCUT2D eigenvalue weighted by Gasteiger charge is -2.17. The normalized spacial score (nSPS) is 10.7. The highest BCUT2D eigenvalue weighted by molar-refractivity contribution is 6.03. The quantitative estimate of drug-likeness (QED) is 0.538. The standard InChI is InChI=1S/C23H18FN3O3/c1-27(14-21(28)25-18-9-5-8-17(24)13-18)23(29)16-10-11-20-19(12-16)22(30-26-20)15-6-3-2-4-7-15/h2-13H,14H2,1H3,(H,25,28). The Hall–Kier alpha value is -4.00. The molecule has 1 N–H and O–H groups in total. The van der Waals surface area contributed by atoms with Crippen molar-refractivity contribution in [3.63, 3.8) is 0 Å². The minimum Gasteiger partial charge on any atom is -0.355 e. The summed E-state index contributed by atoms with van der Waals surface area (Å²) in [6.07, 6.45) is 0. The molecule has 1 aromatic heterocycles. The van der Waals surface area contributed by atoms with Crippen LogP contribution in [0, 0.1) is 5.82 Å². The summed E-state index contributed by atoms with van der Waals surface area (Å²) in [5, 5.41) is 7.34. The molecule has 0 aliphatic heterocycles. The van der Waals surface area contributed by atoms with Gasteiger partial charge in [0.05, 0.1) is 11.9 Å². The van der Waals surface area contributed by atoms with Crippen LogP contribution in [0.2, 0.25) is 0 Å². The molecule has 0 saturated heterocycles. The fraction of sp³-hybridized carbons (Fsp3) is 0.0870. The Bertz CT molecular complexity index is 1220. The van der Waals surface area contributed by atoms with E-state index in [1.165, 1.54) is 30.1 Å². The second-order valence-electron chi connectivity index (χ2n) is 6.83. The van der Waals surface area contributed by atoms with E-state index in [4.69, 9.17) is 4.52 Å². The number of carbonyl (C=O) groups excluding carboxylic acids is 2. The lowest BCUT2D eigenvalue weighted by Crippen LogP contribution is -2.34. The largest absolute Gasteiger partial charge is 0.355 e. The second-order valence-corrected chi connectivity index (χ2v) is 6.83. The van der Waals surface area contributed by atoms with Crippen molar-refractivity contribution in [1.29, 1.82) is 0 Å². The third-order valence-electron chi connectivity index (χ3n) is 4.60. The Balaban J connectivity index is 1.51. The van der Waals surface area contributed by atoms with Gasteiger partial charge in [0.15, 0.2) is 5.76 Å². The fourth-order valence-electron chi connectivity index (χ4n) is 3.15. The fourth-order valence-corrected chi connectivity index (χ4v) is 3.15. The van der Waals surface area contributed by atoms with Crippen LogP contribution in [0.1, 0.15) is 10.4 Å². The molecule has 0 aliphatic rings. The van der Waals surface area contributed by atoms with Crippen molar-refractivity contribution < 1.29 is 18.5 Å². The highest BCUT2D eigenvalue weighted by atomic mass is 19.1. The van der Waals surface area contributed by atoms with E-state index in [1.807, 2.05) is 30.3 Å². The third-order valence-corrected chi connectivity index (χ3v) is 4.60. The highest BCUT2D eigenvalue weighted by Crippen LogP contribution is 2.29. The van der Waals surface area contributed by atoms with Gasteiger partial charge in [0.25, 0.3) is 5.91 Å². The van der Waals surface area contributed by atoms with Crippen LogP contribution in [0.25, 0.3) is 22.2 Å². The molecule has 4 aromatic rings. The zero-order chi connectivity index (χ0) is 21.1. The van der Waals surface area contributed by atoms with Crippen molar-refractivity contribution in [3.8, 4) is 11.3 Å². The first-order valence-electron chi connectivity index (χ1n) is 9.27. The first-order chi connectivity index (χ1) is 14.5. The van der Waals surface area contributed by atoms with Gasteiger partial charge in [-0.2, -0.15) is 0 Å². The summed E-state index contributed by atoms with van der Waals surface area (Å²) in [6, 6.07) is 20.1. The smallest absolute Gasteiger partial charge is 0.254 e. The molecule has 4 rings (SSSR count). The summed E-state index contributed by atoms with van der Waals surface area (Å²) >= 11 is 0. The number of likely N-dealkylation sites (N-methyl/N-ethyl adjacent to an activating group) is 1. The van der Waals surface area contributed by atoms with Crippen LogP contribution in [-0.4, -0.2) is 35.5 Å². The van der Waals surface area contributed by atoms with Crippen LogP contribution >= 0.6 is 0 Å². The molecule has 0 bridgehead atoms. The number of carbonyl (C=O) groups is 2. The van der Waals surface area contributed by atoms with Crippen molar-refractivity contribution in [3.05, 3.63) is 84.2 Å². The Kier molecular flexibility index (Phi) is 5.26. The summed E-state index contributed by atoms with van der Waals surface area (Å²) < 4.78 is 18.7. The molecule has 0 saturated carbocycles. The monoisotopic (exact) mass is 403 g/mol. The maximum Gasteiger partial charge on any atom is 0.254 e. The highest BCUT2D eigenvalue weighted by Gasteiger charge is 2.18. The number of rotatable bonds is 5. The van der Waals surface area contributed by atoms with E-state index in [2.05, 4.69) is 10.5 Å². The molecule has 3 aromatic carbocycles. The third kappa shape index (κ3) is 4.05. The van der Waals surface area contributed by atoms with Gasteiger partial charge >= 0.3 is 0 Å². The van der Waals surface area contributed by atoms with Gasteiger partial charge < -0.3 is 14.7 Å². The molecule has 0 aliphatic carbocycles. The zero-order valence-corrected chi connectivity index (χ0v) is 16.1. The molecular weight excluding hydrogens is 385 g/mol. The van der Waals surface area contributed by atoms with Gasteiger partial charge in [0.1, 0.15) is 11.3 Å². The van der Waals surface area contributed by atoms with E-state index in [1.54, 1.807) is 24.3 Å². The number of fused-ring (bicyclic) bond motifs is 1. The number of hydrogen-bond donors (Lipinski definition) is 1. The van der Waals surface area contributed by atoms with Gasteiger partial charge in [-0.25, -0.2) is 4.39 Å². The molecule has 7 heteroatoms. The average molecular weight is 403 g/mol. The molecule has 0 radical (unpaired) electrons. The first kappa shape index (κ1) is 19.3. The maximum absolute atomic E-state index is 13.3. The van der Waals surface area contributed by atoms with Crippen LogP contribution in [0.4, 0.5) is 10.1 Å². The second kappa shape index (κ2) is 8.16. The average Bonchev–Trinajstić information content (AvgIpc) is 3.17. The number of nitrogens with zero attached hydrogens (tertiary/aromatic N) is 2. The summed E-state index contributed by atoms with van der Waals surface area (Å²) in [7, 11) is 1.53. The molecule has 6 nitrogen and oxygen atoms in total. The van der Waals surface area contributed by atoms with E-state index >= 15 is 0 Å². The molecule has 0 atom stereocenters. The van der Waals surface area contributed by atoms with Crippen LogP contribution in [0.5, 0.6) is 0 Å². The minimum absolute atomic E-state index is 0.178. The van der Waals surface area contributed by atoms with Crippen molar-refractivity contribution >= 4 is 28.4 Å². The van der Waals surface area contributed by atoms with E-state index < -0.39 is 11.7 Å². The van der Waals surface area contributed by atoms with Crippen LogP contribution < -0.4 is 5.32 Å². The Morgan fingerprint density at radius 3 is 2.60 bits per heavy atom. The van der Waals surface area contributed by atoms with E-state index in [9.17, 15) is 14.0 Å².